The van der Waals surface area contributed by atoms with E-state index in [-0.39, 0.29) is 11.9 Å². The molecule has 0 fully saturated rings. The summed E-state index contributed by atoms with van der Waals surface area (Å²) in [6.07, 6.45) is 2.99. The van der Waals surface area contributed by atoms with Crippen LogP contribution in [-0.4, -0.2) is 19.1 Å². The van der Waals surface area contributed by atoms with E-state index in [0.29, 0.717) is 30.4 Å². The van der Waals surface area contributed by atoms with Crippen molar-refractivity contribution in [2.75, 3.05) is 18.5 Å². The number of aryl methyl sites for hydroxylation is 2. The predicted molar refractivity (Wildman–Crippen MR) is 91.5 cm³/mol. The second-order valence-corrected chi connectivity index (χ2v) is 5.96. The molecule has 0 aliphatic carbocycles. The van der Waals surface area contributed by atoms with E-state index in [2.05, 4.69) is 18.3 Å². The second-order valence-electron chi connectivity index (χ2n) is 5.96. The molecular weight excluding hydrogens is 304 g/mol. The number of ether oxygens (including phenoxy) is 2. The Labute approximate surface area is 142 Å². The lowest BCUT2D eigenvalue weighted by atomic mass is 10.1. The molecule has 0 bridgehead atoms. The number of carbonyl (C=O) groups is 1. The molecule has 1 N–H and O–H groups in total. The maximum absolute atomic E-state index is 12.6. The summed E-state index contributed by atoms with van der Waals surface area (Å²) in [7, 11) is 0. The van der Waals surface area contributed by atoms with Crippen molar-refractivity contribution in [3.05, 3.63) is 47.8 Å². The third-order valence-corrected chi connectivity index (χ3v) is 4.27. The molecule has 126 valence electrons. The van der Waals surface area contributed by atoms with Crippen LogP contribution in [0.3, 0.4) is 0 Å². The Morgan fingerprint density at radius 2 is 1.96 bits per heavy atom. The lowest BCUT2D eigenvalue weighted by Gasteiger charge is -2.19. The van der Waals surface area contributed by atoms with Gasteiger partial charge in [-0.05, 0) is 24.6 Å². The molecule has 2 aromatic rings. The smallest absolute Gasteiger partial charge is 0.293 e. The van der Waals surface area contributed by atoms with Crippen LogP contribution in [0.1, 0.15) is 31.1 Å². The molecule has 1 amide bonds. The Morgan fingerprint density at radius 1 is 1.21 bits per heavy atom. The van der Waals surface area contributed by atoms with Gasteiger partial charge in [0.1, 0.15) is 13.2 Å². The normalized spacial score (nSPS) is 14.1. The first-order chi connectivity index (χ1) is 11.6. The highest BCUT2D eigenvalue weighted by Crippen LogP contribution is 2.32. The SMILES string of the molecule is CCc1ccc(C)[n+]([C@@H](C)C(=O)Nc2ccc3c(c2)OCCO3)c1. The van der Waals surface area contributed by atoms with E-state index in [1.165, 1.54) is 5.56 Å². The van der Waals surface area contributed by atoms with Crippen LogP contribution in [-0.2, 0) is 11.2 Å². The summed E-state index contributed by atoms with van der Waals surface area (Å²) in [5.74, 6) is 1.32. The van der Waals surface area contributed by atoms with Crippen molar-refractivity contribution in [2.24, 2.45) is 0 Å². The first kappa shape index (κ1) is 16.3. The number of anilines is 1. The molecule has 5 heteroatoms. The van der Waals surface area contributed by atoms with Gasteiger partial charge in [-0.15, -0.1) is 0 Å². The summed E-state index contributed by atoms with van der Waals surface area (Å²) in [6.45, 7) is 7.10. The number of benzene rings is 1. The van der Waals surface area contributed by atoms with E-state index < -0.39 is 0 Å². The molecule has 0 spiro atoms. The minimum atomic E-state index is -0.301. The summed E-state index contributed by atoms with van der Waals surface area (Å²) in [6, 6.07) is 9.30. The number of amides is 1. The Kier molecular flexibility index (Phi) is 4.69. The van der Waals surface area contributed by atoms with Crippen molar-refractivity contribution in [3.8, 4) is 11.5 Å². The summed E-state index contributed by atoms with van der Waals surface area (Å²) in [5.41, 5.74) is 2.97. The molecule has 3 rings (SSSR count). The number of nitrogens with one attached hydrogen (secondary N) is 1. The number of hydrogen-bond donors (Lipinski definition) is 1. The predicted octanol–water partition coefficient (Wildman–Crippen LogP) is 2.82. The zero-order valence-electron chi connectivity index (χ0n) is 14.3. The van der Waals surface area contributed by atoms with Gasteiger partial charge in [0.25, 0.3) is 5.91 Å². The van der Waals surface area contributed by atoms with Gasteiger partial charge in [0.15, 0.2) is 23.4 Å². The minimum absolute atomic E-state index is 0.0620. The Balaban J connectivity index is 1.77. The summed E-state index contributed by atoms with van der Waals surface area (Å²) in [4.78, 5) is 12.6. The van der Waals surface area contributed by atoms with Crippen LogP contribution < -0.4 is 19.4 Å². The lowest BCUT2D eigenvalue weighted by molar-refractivity contribution is -0.711. The molecule has 1 aromatic carbocycles. The van der Waals surface area contributed by atoms with Crippen LogP contribution >= 0.6 is 0 Å². The van der Waals surface area contributed by atoms with Crippen molar-refractivity contribution >= 4 is 11.6 Å². The molecule has 0 saturated heterocycles. The summed E-state index contributed by atoms with van der Waals surface area (Å²) >= 11 is 0. The van der Waals surface area contributed by atoms with Gasteiger partial charge in [0, 0.05) is 37.2 Å². The molecule has 0 unspecified atom stereocenters. The number of carbonyl (C=O) groups excluding carboxylic acids is 1. The monoisotopic (exact) mass is 327 g/mol. The van der Waals surface area contributed by atoms with Crippen molar-refractivity contribution in [1.82, 2.24) is 0 Å². The molecular formula is C19H23N2O3+. The van der Waals surface area contributed by atoms with Gasteiger partial charge < -0.3 is 14.8 Å². The average Bonchev–Trinajstić information content (AvgIpc) is 2.61. The first-order valence-electron chi connectivity index (χ1n) is 8.29. The molecule has 1 atom stereocenters. The lowest BCUT2D eigenvalue weighted by Crippen LogP contribution is -2.47. The molecule has 2 heterocycles. The largest absolute Gasteiger partial charge is 0.486 e. The van der Waals surface area contributed by atoms with E-state index in [9.17, 15) is 4.79 Å². The zero-order chi connectivity index (χ0) is 17.1. The molecule has 0 radical (unpaired) electrons. The number of aromatic nitrogens is 1. The van der Waals surface area contributed by atoms with Gasteiger partial charge in [-0.3, -0.25) is 4.79 Å². The molecule has 1 aliphatic heterocycles. The highest BCUT2D eigenvalue weighted by atomic mass is 16.6. The standard InChI is InChI=1S/C19H22N2O3/c1-4-15-6-5-13(2)21(12-15)14(3)19(22)20-16-7-8-17-18(11-16)24-10-9-23-17/h5-8,11-12,14H,4,9-10H2,1-3H3/p+1/t14-/m0/s1. The Hall–Kier alpha value is -2.56. The van der Waals surface area contributed by atoms with Gasteiger partial charge >= 0.3 is 0 Å². The fourth-order valence-electron chi connectivity index (χ4n) is 2.76. The van der Waals surface area contributed by atoms with Crippen LogP contribution in [0, 0.1) is 6.92 Å². The van der Waals surface area contributed by atoms with Gasteiger partial charge in [-0.1, -0.05) is 6.92 Å². The number of nitrogens with zero attached hydrogens (tertiary/aromatic N) is 1. The van der Waals surface area contributed by atoms with Gasteiger partial charge in [-0.25, -0.2) is 0 Å². The molecule has 5 nitrogen and oxygen atoms in total. The van der Waals surface area contributed by atoms with E-state index in [1.54, 1.807) is 6.07 Å². The minimum Gasteiger partial charge on any atom is -0.486 e. The van der Waals surface area contributed by atoms with Crippen molar-refractivity contribution in [3.63, 3.8) is 0 Å². The van der Waals surface area contributed by atoms with Gasteiger partial charge in [0.05, 0.1) is 0 Å². The van der Waals surface area contributed by atoms with E-state index in [0.717, 1.165) is 12.1 Å². The zero-order valence-corrected chi connectivity index (χ0v) is 14.3. The molecule has 0 saturated carbocycles. The van der Waals surface area contributed by atoms with Crippen LogP contribution in [0.2, 0.25) is 0 Å². The number of hydrogen-bond acceptors (Lipinski definition) is 3. The molecule has 1 aromatic heterocycles. The number of rotatable bonds is 4. The fraction of sp³-hybridized carbons (Fsp3) is 0.368. The van der Waals surface area contributed by atoms with E-state index in [4.69, 9.17) is 9.47 Å². The van der Waals surface area contributed by atoms with Crippen molar-refractivity contribution < 1.29 is 18.8 Å². The third kappa shape index (κ3) is 3.35. The Morgan fingerprint density at radius 3 is 2.71 bits per heavy atom. The first-order valence-corrected chi connectivity index (χ1v) is 8.29. The average molecular weight is 327 g/mol. The number of fused-ring (bicyclic) bond motifs is 1. The highest BCUT2D eigenvalue weighted by Gasteiger charge is 2.25. The second kappa shape index (κ2) is 6.91. The molecule has 24 heavy (non-hydrogen) atoms. The highest BCUT2D eigenvalue weighted by molar-refractivity contribution is 5.92. The van der Waals surface area contributed by atoms with E-state index >= 15 is 0 Å². The maximum Gasteiger partial charge on any atom is 0.293 e. The third-order valence-electron chi connectivity index (χ3n) is 4.27. The van der Waals surface area contributed by atoms with E-state index in [1.807, 2.05) is 42.8 Å². The van der Waals surface area contributed by atoms with Crippen molar-refractivity contribution in [2.45, 2.75) is 33.2 Å². The quantitative estimate of drug-likeness (QED) is 0.879. The fourth-order valence-corrected chi connectivity index (χ4v) is 2.76. The van der Waals surface area contributed by atoms with Gasteiger partial charge in [-0.2, -0.15) is 4.57 Å². The van der Waals surface area contributed by atoms with Crippen molar-refractivity contribution in [1.29, 1.82) is 0 Å². The Bertz CT molecular complexity index is 758. The molecule has 1 aliphatic rings. The van der Waals surface area contributed by atoms with Crippen LogP contribution in [0.25, 0.3) is 0 Å². The van der Waals surface area contributed by atoms with Crippen LogP contribution in [0.4, 0.5) is 5.69 Å². The van der Waals surface area contributed by atoms with Gasteiger partial charge in [0.2, 0.25) is 6.04 Å². The topological polar surface area (TPSA) is 51.4 Å². The summed E-state index contributed by atoms with van der Waals surface area (Å²) in [5, 5.41) is 2.96. The maximum atomic E-state index is 12.6. The van der Waals surface area contributed by atoms with Crippen LogP contribution in [0.5, 0.6) is 11.5 Å². The van der Waals surface area contributed by atoms with Crippen LogP contribution in [0.15, 0.2) is 36.5 Å². The number of pyridine rings is 1. The summed E-state index contributed by atoms with van der Waals surface area (Å²) < 4.78 is 13.1.